The molecule has 30 heavy (non-hydrogen) atoms. The lowest BCUT2D eigenvalue weighted by molar-refractivity contribution is -0.122. The molecule has 1 atom stereocenters. The lowest BCUT2D eigenvalue weighted by atomic mass is 9.53. The predicted molar refractivity (Wildman–Crippen MR) is 118 cm³/mol. The van der Waals surface area contributed by atoms with Gasteiger partial charge in [0.25, 0.3) is 0 Å². The van der Waals surface area contributed by atoms with Crippen molar-refractivity contribution < 1.29 is 9.53 Å². The summed E-state index contributed by atoms with van der Waals surface area (Å²) >= 11 is 0. The molecule has 0 radical (unpaired) electrons. The van der Waals surface area contributed by atoms with Crippen molar-refractivity contribution >= 4 is 5.91 Å². The van der Waals surface area contributed by atoms with Gasteiger partial charge in [0.15, 0.2) is 0 Å². The zero-order chi connectivity index (χ0) is 20.6. The molecule has 0 aromatic heterocycles. The van der Waals surface area contributed by atoms with Gasteiger partial charge in [0.1, 0.15) is 5.75 Å². The molecule has 0 saturated heterocycles. The summed E-state index contributed by atoms with van der Waals surface area (Å²) in [4.78, 5) is 13.0. The summed E-state index contributed by atoms with van der Waals surface area (Å²) in [5, 5.41) is 7.00. The van der Waals surface area contributed by atoms with Gasteiger partial charge in [0.2, 0.25) is 5.91 Å². The number of carbonyl (C=O) groups excluding carboxylic acids is 1. The average Bonchev–Trinajstić information content (AvgIpc) is 2.76. The van der Waals surface area contributed by atoms with Gasteiger partial charge >= 0.3 is 0 Å². The number of hydrogen-bond donors (Lipinski definition) is 2. The maximum atomic E-state index is 13.0. The van der Waals surface area contributed by atoms with E-state index in [0.29, 0.717) is 6.54 Å². The quantitative estimate of drug-likeness (QED) is 0.716. The molecule has 0 unspecified atom stereocenters. The molecule has 2 N–H and O–H groups in total. The molecule has 4 fully saturated rings. The first kappa shape index (κ1) is 19.6. The highest BCUT2D eigenvalue weighted by Gasteiger charge is 2.50. The van der Waals surface area contributed by atoms with Crippen LogP contribution in [0.1, 0.15) is 55.7 Å². The monoisotopic (exact) mass is 404 g/mol. The number of benzene rings is 2. The van der Waals surface area contributed by atoms with E-state index in [0.717, 1.165) is 34.6 Å². The van der Waals surface area contributed by atoms with Crippen molar-refractivity contribution in [1.29, 1.82) is 0 Å². The molecule has 2 aromatic carbocycles. The molecule has 4 saturated carbocycles. The van der Waals surface area contributed by atoms with E-state index in [1.807, 2.05) is 42.5 Å². The van der Waals surface area contributed by atoms with Crippen LogP contribution in [0.25, 0.3) is 0 Å². The molecule has 158 valence electrons. The fraction of sp³-hybridized carbons (Fsp3) is 0.500. The number of nitrogens with one attached hydrogen (secondary N) is 2. The fourth-order valence-electron chi connectivity index (χ4n) is 6.61. The number of ether oxygens (including phenoxy) is 1. The van der Waals surface area contributed by atoms with Gasteiger partial charge in [-0.1, -0.05) is 42.5 Å². The smallest absolute Gasteiger partial charge is 0.234 e. The summed E-state index contributed by atoms with van der Waals surface area (Å²) in [5.41, 5.74) is 2.35. The van der Waals surface area contributed by atoms with Gasteiger partial charge in [-0.2, -0.15) is 0 Å². The van der Waals surface area contributed by atoms with Gasteiger partial charge in [-0.3, -0.25) is 4.79 Å². The van der Waals surface area contributed by atoms with Crippen LogP contribution in [0.4, 0.5) is 0 Å². The van der Waals surface area contributed by atoms with E-state index in [4.69, 9.17) is 4.74 Å². The van der Waals surface area contributed by atoms with Gasteiger partial charge < -0.3 is 15.4 Å². The van der Waals surface area contributed by atoms with Crippen LogP contribution in [0.2, 0.25) is 0 Å². The van der Waals surface area contributed by atoms with Crippen molar-refractivity contribution in [3.05, 3.63) is 65.7 Å². The van der Waals surface area contributed by atoms with Crippen molar-refractivity contribution in [2.75, 3.05) is 13.7 Å². The minimum atomic E-state index is -0.164. The van der Waals surface area contributed by atoms with Crippen LogP contribution in [0.3, 0.4) is 0 Å². The molecular weight excluding hydrogens is 372 g/mol. The SMILES string of the molecule is COc1ccc([C@@H](NC(=O)CNC23CC4CC(CC(C4)C2)C3)c2ccccc2)cc1. The van der Waals surface area contributed by atoms with Crippen LogP contribution in [0.15, 0.2) is 54.6 Å². The molecule has 4 bridgehead atoms. The fourth-order valence-corrected chi connectivity index (χ4v) is 6.61. The third-order valence-corrected chi connectivity index (χ3v) is 7.55. The summed E-state index contributed by atoms with van der Waals surface area (Å²) < 4.78 is 5.29. The summed E-state index contributed by atoms with van der Waals surface area (Å²) in [6.45, 7) is 0.394. The maximum Gasteiger partial charge on any atom is 0.234 e. The average molecular weight is 405 g/mol. The highest BCUT2D eigenvalue weighted by Crippen LogP contribution is 2.55. The zero-order valence-corrected chi connectivity index (χ0v) is 17.8. The maximum absolute atomic E-state index is 13.0. The Hall–Kier alpha value is -2.33. The van der Waals surface area contributed by atoms with Crippen molar-refractivity contribution in [2.45, 2.75) is 50.1 Å². The summed E-state index contributed by atoms with van der Waals surface area (Å²) in [5.74, 6) is 3.52. The predicted octanol–water partition coefficient (Wildman–Crippen LogP) is 4.46. The van der Waals surface area contributed by atoms with Crippen molar-refractivity contribution in [2.24, 2.45) is 17.8 Å². The Bertz CT molecular complexity index is 842. The highest BCUT2D eigenvalue weighted by molar-refractivity contribution is 5.79. The van der Waals surface area contributed by atoms with Crippen LogP contribution in [-0.2, 0) is 4.79 Å². The van der Waals surface area contributed by atoms with Gasteiger partial charge in [-0.05, 0) is 79.5 Å². The lowest BCUT2D eigenvalue weighted by Crippen LogP contribution is -2.59. The number of hydrogen-bond acceptors (Lipinski definition) is 3. The molecule has 0 aliphatic heterocycles. The van der Waals surface area contributed by atoms with E-state index >= 15 is 0 Å². The van der Waals surface area contributed by atoms with Crippen molar-refractivity contribution in [3.63, 3.8) is 0 Å². The Labute approximate surface area is 179 Å². The van der Waals surface area contributed by atoms with E-state index in [-0.39, 0.29) is 17.5 Å². The lowest BCUT2D eigenvalue weighted by Gasteiger charge is -2.57. The van der Waals surface area contributed by atoms with E-state index < -0.39 is 0 Å². The van der Waals surface area contributed by atoms with Crippen LogP contribution >= 0.6 is 0 Å². The zero-order valence-electron chi connectivity index (χ0n) is 17.8. The third-order valence-electron chi connectivity index (χ3n) is 7.55. The molecule has 0 spiro atoms. The second-order valence-electron chi connectivity index (χ2n) is 9.74. The second kappa shape index (κ2) is 8.07. The number of rotatable bonds is 7. The first-order valence-corrected chi connectivity index (χ1v) is 11.4. The Kier molecular flexibility index (Phi) is 5.28. The Morgan fingerprint density at radius 2 is 1.50 bits per heavy atom. The topological polar surface area (TPSA) is 50.4 Å². The van der Waals surface area contributed by atoms with Crippen LogP contribution in [0.5, 0.6) is 5.75 Å². The number of methoxy groups -OCH3 is 1. The van der Waals surface area contributed by atoms with Gasteiger partial charge in [-0.25, -0.2) is 0 Å². The molecule has 6 rings (SSSR count). The van der Waals surface area contributed by atoms with Gasteiger partial charge in [-0.15, -0.1) is 0 Å². The van der Waals surface area contributed by atoms with Crippen LogP contribution in [0, 0.1) is 17.8 Å². The number of carbonyl (C=O) groups is 1. The Morgan fingerprint density at radius 1 is 0.933 bits per heavy atom. The molecule has 1 amide bonds. The normalized spacial score (nSPS) is 30.1. The summed E-state index contributed by atoms with van der Waals surface area (Å²) in [6.07, 6.45) is 8.02. The van der Waals surface area contributed by atoms with Crippen LogP contribution in [-0.4, -0.2) is 25.1 Å². The van der Waals surface area contributed by atoms with E-state index in [1.54, 1.807) is 7.11 Å². The van der Waals surface area contributed by atoms with Crippen molar-refractivity contribution in [1.82, 2.24) is 10.6 Å². The Balaban J connectivity index is 1.28. The minimum absolute atomic E-state index is 0.0652. The van der Waals surface area contributed by atoms with E-state index in [9.17, 15) is 4.79 Å². The third kappa shape index (κ3) is 3.98. The molecule has 4 nitrogen and oxygen atoms in total. The molecule has 0 heterocycles. The number of amides is 1. The van der Waals surface area contributed by atoms with Gasteiger partial charge in [0.05, 0.1) is 19.7 Å². The molecule has 4 aliphatic rings. The summed E-state index contributed by atoms with van der Waals surface area (Å²) in [6, 6.07) is 18.0. The summed E-state index contributed by atoms with van der Waals surface area (Å²) in [7, 11) is 1.67. The standard InChI is InChI=1S/C26H32N2O2/c1-30-23-9-7-22(8-10-23)25(21-5-3-2-4-6-21)28-24(29)17-27-26-14-18-11-19(15-26)13-20(12-18)16-26/h2-10,18-20,25,27H,11-17H2,1H3,(H,28,29)/t18?,19?,20?,25-,26?/m0/s1. The molecule has 4 heteroatoms. The molecule has 2 aromatic rings. The Morgan fingerprint density at radius 3 is 2.07 bits per heavy atom. The molecular formula is C26H32N2O2. The van der Waals surface area contributed by atoms with Gasteiger partial charge in [0, 0.05) is 5.54 Å². The first-order valence-electron chi connectivity index (χ1n) is 11.4. The van der Waals surface area contributed by atoms with E-state index in [1.165, 1.54) is 38.5 Å². The van der Waals surface area contributed by atoms with Crippen LogP contribution < -0.4 is 15.4 Å². The minimum Gasteiger partial charge on any atom is -0.497 e. The molecule has 4 aliphatic carbocycles. The highest BCUT2D eigenvalue weighted by atomic mass is 16.5. The van der Waals surface area contributed by atoms with E-state index in [2.05, 4.69) is 22.8 Å². The first-order chi connectivity index (χ1) is 14.6. The second-order valence-corrected chi connectivity index (χ2v) is 9.74. The van der Waals surface area contributed by atoms with Crippen molar-refractivity contribution in [3.8, 4) is 5.75 Å². The largest absolute Gasteiger partial charge is 0.497 e.